The summed E-state index contributed by atoms with van der Waals surface area (Å²) in [5.41, 5.74) is -2.37. The molecular formula is C7H7F2N3O4S. The maximum Gasteiger partial charge on any atom is 0.299 e. The minimum atomic E-state index is -4.29. The van der Waals surface area contributed by atoms with Crippen LogP contribution in [0.5, 0.6) is 0 Å². The number of nitrogens with two attached hydrogens (primary N) is 1. The molecular weight excluding hydrogens is 260 g/mol. The molecule has 0 saturated carbocycles. The summed E-state index contributed by atoms with van der Waals surface area (Å²) in [6.45, 7) is 1.05. The van der Waals surface area contributed by atoms with Crippen LogP contribution in [-0.2, 0) is 10.0 Å². The molecule has 0 atom stereocenters. The average Bonchev–Trinajstić information content (AvgIpc) is 2.13. The molecule has 0 aliphatic heterocycles. The van der Waals surface area contributed by atoms with Gasteiger partial charge in [0, 0.05) is 0 Å². The third-order valence-corrected chi connectivity index (χ3v) is 2.67. The number of alkyl halides is 2. The zero-order chi connectivity index (χ0) is 13.4. The molecule has 0 spiro atoms. The molecule has 94 valence electrons. The average molecular weight is 267 g/mol. The molecule has 1 aromatic heterocycles. The van der Waals surface area contributed by atoms with E-state index in [1.807, 2.05) is 0 Å². The molecule has 0 bridgehead atoms. The van der Waals surface area contributed by atoms with Crippen LogP contribution in [0, 0.1) is 17.0 Å². The van der Waals surface area contributed by atoms with Gasteiger partial charge in [0.15, 0.2) is 5.03 Å². The minimum Gasteiger partial charge on any atom is -0.258 e. The standard InChI is InChI=1S/C7H7F2N3O4S/c1-3-6(12(13)14)4(7(8)9)2-5(11-3)17(10,15)16/h2,7H,1H3,(H2,10,15,16). The Labute approximate surface area is 94.5 Å². The van der Waals surface area contributed by atoms with E-state index in [9.17, 15) is 27.3 Å². The number of nitro groups is 1. The zero-order valence-corrected chi connectivity index (χ0v) is 9.24. The van der Waals surface area contributed by atoms with Crippen molar-refractivity contribution < 1.29 is 22.1 Å². The summed E-state index contributed by atoms with van der Waals surface area (Å²) >= 11 is 0. The number of sulfonamides is 1. The van der Waals surface area contributed by atoms with Crippen molar-refractivity contribution in [1.29, 1.82) is 0 Å². The Balaban J connectivity index is 3.64. The van der Waals surface area contributed by atoms with Crippen LogP contribution in [0.25, 0.3) is 0 Å². The molecule has 1 rings (SSSR count). The highest BCUT2D eigenvalue weighted by molar-refractivity contribution is 7.89. The van der Waals surface area contributed by atoms with E-state index >= 15 is 0 Å². The lowest BCUT2D eigenvalue weighted by Crippen LogP contribution is -2.16. The molecule has 0 radical (unpaired) electrons. The number of aromatic nitrogens is 1. The van der Waals surface area contributed by atoms with Gasteiger partial charge in [0.2, 0.25) is 0 Å². The molecule has 0 fully saturated rings. The molecule has 7 nitrogen and oxygen atoms in total. The lowest BCUT2D eigenvalue weighted by atomic mass is 10.2. The second kappa shape index (κ2) is 4.30. The predicted molar refractivity (Wildman–Crippen MR) is 52.0 cm³/mol. The topological polar surface area (TPSA) is 116 Å². The lowest BCUT2D eigenvalue weighted by molar-refractivity contribution is -0.387. The van der Waals surface area contributed by atoms with Crippen molar-refractivity contribution in [2.24, 2.45) is 5.14 Å². The van der Waals surface area contributed by atoms with Gasteiger partial charge in [-0.25, -0.2) is 27.3 Å². The summed E-state index contributed by atoms with van der Waals surface area (Å²) in [6.07, 6.45) is -3.20. The zero-order valence-electron chi connectivity index (χ0n) is 8.42. The molecule has 2 N–H and O–H groups in total. The molecule has 17 heavy (non-hydrogen) atoms. The summed E-state index contributed by atoms with van der Waals surface area (Å²) in [5, 5.41) is 14.5. The summed E-state index contributed by atoms with van der Waals surface area (Å²) < 4.78 is 47.0. The quantitative estimate of drug-likeness (QED) is 0.644. The van der Waals surface area contributed by atoms with Crippen molar-refractivity contribution >= 4 is 15.7 Å². The molecule has 1 aromatic rings. The van der Waals surface area contributed by atoms with Crippen molar-refractivity contribution in [3.8, 4) is 0 Å². The first-order chi connectivity index (χ1) is 7.64. The van der Waals surface area contributed by atoms with E-state index in [4.69, 9.17) is 5.14 Å². The highest BCUT2D eigenvalue weighted by Gasteiger charge is 2.28. The van der Waals surface area contributed by atoms with Gasteiger partial charge in [0.1, 0.15) is 11.3 Å². The molecule has 1 heterocycles. The van der Waals surface area contributed by atoms with Gasteiger partial charge in [-0.05, 0) is 13.0 Å². The summed E-state index contributed by atoms with van der Waals surface area (Å²) in [7, 11) is -4.29. The number of rotatable bonds is 3. The van der Waals surface area contributed by atoms with Crippen LogP contribution in [0.3, 0.4) is 0 Å². The molecule has 0 aliphatic rings. The normalized spacial score (nSPS) is 11.8. The van der Waals surface area contributed by atoms with Crippen LogP contribution in [0.2, 0.25) is 0 Å². The van der Waals surface area contributed by atoms with E-state index in [0.29, 0.717) is 6.07 Å². The van der Waals surface area contributed by atoms with Gasteiger partial charge in [0.05, 0.1) is 4.92 Å². The van der Waals surface area contributed by atoms with Gasteiger partial charge in [-0.3, -0.25) is 10.1 Å². The highest BCUT2D eigenvalue weighted by Crippen LogP contribution is 2.32. The van der Waals surface area contributed by atoms with Crippen LogP contribution in [-0.4, -0.2) is 18.3 Å². The van der Waals surface area contributed by atoms with Crippen molar-refractivity contribution in [2.75, 3.05) is 0 Å². The lowest BCUT2D eigenvalue weighted by Gasteiger charge is -2.06. The molecule has 0 saturated heterocycles. The van der Waals surface area contributed by atoms with Crippen molar-refractivity contribution in [1.82, 2.24) is 4.98 Å². The minimum absolute atomic E-state index is 0.408. The fourth-order valence-corrected chi connectivity index (χ4v) is 1.77. The van der Waals surface area contributed by atoms with Crippen LogP contribution in [0.1, 0.15) is 17.7 Å². The Kier molecular flexibility index (Phi) is 3.38. The molecule has 10 heteroatoms. The highest BCUT2D eigenvalue weighted by atomic mass is 32.2. The first-order valence-electron chi connectivity index (χ1n) is 4.11. The second-order valence-electron chi connectivity index (χ2n) is 3.09. The maximum atomic E-state index is 12.6. The van der Waals surface area contributed by atoms with E-state index in [0.717, 1.165) is 6.92 Å². The predicted octanol–water partition coefficient (Wildman–Crippen LogP) is 0.883. The van der Waals surface area contributed by atoms with Gasteiger partial charge in [-0.2, -0.15) is 0 Å². The Hall–Kier alpha value is -1.68. The number of hydrogen-bond donors (Lipinski definition) is 1. The Bertz CT molecular complexity index is 573. The van der Waals surface area contributed by atoms with Crippen LogP contribution < -0.4 is 5.14 Å². The maximum absolute atomic E-state index is 12.6. The summed E-state index contributed by atoms with van der Waals surface area (Å²) in [6, 6.07) is 0.408. The van der Waals surface area contributed by atoms with Gasteiger partial charge in [0.25, 0.3) is 22.1 Å². The fraction of sp³-hybridized carbons (Fsp3) is 0.286. The van der Waals surface area contributed by atoms with E-state index in [-0.39, 0.29) is 0 Å². The summed E-state index contributed by atoms with van der Waals surface area (Å²) in [4.78, 5) is 12.8. The smallest absolute Gasteiger partial charge is 0.258 e. The number of nitrogens with zero attached hydrogens (tertiary/aromatic N) is 2. The van der Waals surface area contributed by atoms with Gasteiger partial charge in [-0.1, -0.05) is 0 Å². The Morgan fingerprint density at radius 2 is 2.06 bits per heavy atom. The summed E-state index contributed by atoms with van der Waals surface area (Å²) in [5.74, 6) is 0. The van der Waals surface area contributed by atoms with E-state index in [2.05, 4.69) is 4.98 Å². The monoisotopic (exact) mass is 267 g/mol. The van der Waals surface area contributed by atoms with E-state index in [1.54, 1.807) is 0 Å². The van der Waals surface area contributed by atoms with Crippen LogP contribution in [0.15, 0.2) is 11.1 Å². The van der Waals surface area contributed by atoms with Crippen molar-refractivity contribution in [2.45, 2.75) is 18.4 Å². The number of primary sulfonamides is 1. The molecule has 0 aliphatic carbocycles. The number of hydrogen-bond acceptors (Lipinski definition) is 5. The van der Waals surface area contributed by atoms with Gasteiger partial charge >= 0.3 is 0 Å². The fourth-order valence-electron chi connectivity index (χ4n) is 1.21. The Morgan fingerprint density at radius 1 is 1.53 bits per heavy atom. The molecule has 0 aromatic carbocycles. The second-order valence-corrected chi connectivity index (χ2v) is 4.59. The van der Waals surface area contributed by atoms with E-state index in [1.165, 1.54) is 0 Å². The third-order valence-electron chi connectivity index (χ3n) is 1.88. The largest absolute Gasteiger partial charge is 0.299 e. The first kappa shape index (κ1) is 13.4. The number of aryl methyl sites for hydroxylation is 1. The number of halogens is 2. The van der Waals surface area contributed by atoms with Gasteiger partial charge < -0.3 is 0 Å². The van der Waals surface area contributed by atoms with Crippen molar-refractivity contribution in [3.63, 3.8) is 0 Å². The first-order valence-corrected chi connectivity index (χ1v) is 5.66. The van der Waals surface area contributed by atoms with Crippen LogP contribution >= 0.6 is 0 Å². The molecule has 0 unspecified atom stereocenters. The third kappa shape index (κ3) is 2.71. The Morgan fingerprint density at radius 3 is 2.41 bits per heavy atom. The SMILES string of the molecule is Cc1nc(S(N)(=O)=O)cc(C(F)F)c1[N+](=O)[O-]. The van der Waals surface area contributed by atoms with Crippen LogP contribution in [0.4, 0.5) is 14.5 Å². The number of pyridine rings is 1. The molecule has 0 amide bonds. The van der Waals surface area contributed by atoms with E-state index < -0.39 is 43.3 Å². The van der Waals surface area contributed by atoms with Gasteiger partial charge in [-0.15, -0.1) is 0 Å². The van der Waals surface area contributed by atoms with Crippen molar-refractivity contribution in [3.05, 3.63) is 27.4 Å².